The maximum atomic E-state index is 12.9. The number of carbonyl (C=O) groups is 1. The van der Waals surface area contributed by atoms with Crippen molar-refractivity contribution >= 4 is 23.2 Å². The highest BCUT2D eigenvalue weighted by Crippen LogP contribution is 2.33. The number of halogens is 1. The highest BCUT2D eigenvalue weighted by molar-refractivity contribution is 6.31. The van der Waals surface area contributed by atoms with E-state index in [1.165, 1.54) is 18.6 Å². The number of fused-ring (bicyclic) bond motifs is 1. The molecule has 1 unspecified atom stereocenters. The van der Waals surface area contributed by atoms with Crippen LogP contribution in [0.4, 0.5) is 4.79 Å². The molecular formula is C29H33ClN6O5. The van der Waals surface area contributed by atoms with Gasteiger partial charge in [0, 0.05) is 35.5 Å². The van der Waals surface area contributed by atoms with Crippen LogP contribution in [-0.2, 0) is 22.4 Å². The number of ether oxygens (including phenoxy) is 2. The van der Waals surface area contributed by atoms with Gasteiger partial charge in [0.1, 0.15) is 11.9 Å². The summed E-state index contributed by atoms with van der Waals surface area (Å²) in [7, 11) is 0. The number of nitrogens with zero attached hydrogens (tertiary/aromatic N) is 5. The van der Waals surface area contributed by atoms with Crippen LogP contribution in [0.15, 0.2) is 52.6 Å². The van der Waals surface area contributed by atoms with E-state index >= 15 is 0 Å². The van der Waals surface area contributed by atoms with E-state index in [1.807, 2.05) is 52.8 Å². The molecule has 0 bridgehead atoms. The number of aromatic amines is 1. The van der Waals surface area contributed by atoms with Crippen molar-refractivity contribution in [2.45, 2.75) is 65.3 Å². The van der Waals surface area contributed by atoms with Crippen LogP contribution in [0.1, 0.15) is 44.4 Å². The minimum Gasteiger partial charge on any atom is -0.444 e. The van der Waals surface area contributed by atoms with Gasteiger partial charge in [0.25, 0.3) is 5.56 Å². The van der Waals surface area contributed by atoms with Gasteiger partial charge in [-0.3, -0.25) is 9.36 Å². The van der Waals surface area contributed by atoms with Gasteiger partial charge in [0.15, 0.2) is 0 Å². The summed E-state index contributed by atoms with van der Waals surface area (Å²) < 4.78 is 14.6. The van der Waals surface area contributed by atoms with Gasteiger partial charge in [-0.15, -0.1) is 0 Å². The molecule has 0 aliphatic carbocycles. The van der Waals surface area contributed by atoms with Crippen molar-refractivity contribution in [1.82, 2.24) is 29.0 Å². The Morgan fingerprint density at radius 1 is 1.24 bits per heavy atom. The quantitative estimate of drug-likeness (QED) is 0.380. The van der Waals surface area contributed by atoms with Crippen molar-refractivity contribution in [2.75, 3.05) is 13.2 Å². The van der Waals surface area contributed by atoms with E-state index in [1.54, 1.807) is 15.6 Å². The molecule has 2 atom stereocenters. The molecule has 4 aromatic rings. The molecule has 5 rings (SSSR count). The van der Waals surface area contributed by atoms with E-state index in [0.29, 0.717) is 41.4 Å². The number of hydrogen-bond donors (Lipinski definition) is 1. The monoisotopic (exact) mass is 580 g/mol. The Labute approximate surface area is 241 Å². The Balaban J connectivity index is 1.49. The molecule has 41 heavy (non-hydrogen) atoms. The second-order valence-corrected chi connectivity index (χ2v) is 11.8. The number of H-pyrrole nitrogens is 1. The molecule has 4 heterocycles. The van der Waals surface area contributed by atoms with Crippen LogP contribution in [0.2, 0.25) is 5.02 Å². The molecule has 1 aliphatic heterocycles. The first-order valence-corrected chi connectivity index (χ1v) is 13.8. The first-order chi connectivity index (χ1) is 19.4. The lowest BCUT2D eigenvalue weighted by Gasteiger charge is -2.39. The zero-order valence-corrected chi connectivity index (χ0v) is 24.4. The molecule has 1 aliphatic rings. The number of aromatic nitrogens is 5. The lowest BCUT2D eigenvalue weighted by molar-refractivity contribution is -0.0648. The lowest BCUT2D eigenvalue weighted by atomic mass is 9.93. The summed E-state index contributed by atoms with van der Waals surface area (Å²) >= 11 is 6.53. The molecule has 0 spiro atoms. The van der Waals surface area contributed by atoms with Gasteiger partial charge in [-0.2, -0.15) is 5.10 Å². The number of hydrogen-bond acceptors (Lipinski definition) is 7. The predicted octanol–water partition coefficient (Wildman–Crippen LogP) is 3.82. The number of nitrogens with one attached hydrogen (secondary N) is 1. The number of morpholine rings is 1. The summed E-state index contributed by atoms with van der Waals surface area (Å²) in [5, 5.41) is 4.90. The van der Waals surface area contributed by atoms with Crippen molar-refractivity contribution in [1.29, 1.82) is 0 Å². The molecule has 1 amide bonds. The lowest BCUT2D eigenvalue weighted by Crippen LogP contribution is -2.52. The summed E-state index contributed by atoms with van der Waals surface area (Å²) in [6.45, 7) is 10.3. The summed E-state index contributed by atoms with van der Waals surface area (Å²) in [5.41, 5.74) is 3.33. The fraction of sp³-hybridized carbons (Fsp3) is 0.414. The van der Waals surface area contributed by atoms with Crippen LogP contribution < -0.4 is 11.2 Å². The maximum absolute atomic E-state index is 12.9. The Hall–Kier alpha value is -3.96. The fourth-order valence-electron chi connectivity index (χ4n) is 5.06. The van der Waals surface area contributed by atoms with Gasteiger partial charge in [-0.25, -0.2) is 19.1 Å². The SMILES string of the molecule is Cc1cc(Cl)cc(-c2ncnn3cc(Cn4c(=O)cc[nH]c4=O)cc23)c1CC1CN(C(=O)OC(C)(C)C)[C@@H](C)CO1. The zero-order valence-electron chi connectivity index (χ0n) is 23.7. The highest BCUT2D eigenvalue weighted by Gasteiger charge is 2.33. The Morgan fingerprint density at radius 2 is 2.02 bits per heavy atom. The smallest absolute Gasteiger partial charge is 0.410 e. The molecular weight excluding hydrogens is 548 g/mol. The first-order valence-electron chi connectivity index (χ1n) is 13.4. The van der Waals surface area contributed by atoms with Gasteiger partial charge >= 0.3 is 11.8 Å². The topological polar surface area (TPSA) is 124 Å². The van der Waals surface area contributed by atoms with Gasteiger partial charge in [0.05, 0.1) is 43.1 Å². The van der Waals surface area contributed by atoms with Crippen molar-refractivity contribution in [3.05, 3.63) is 85.5 Å². The number of rotatable bonds is 5. The minimum absolute atomic E-state index is 0.0772. The second-order valence-electron chi connectivity index (χ2n) is 11.4. The van der Waals surface area contributed by atoms with Gasteiger partial charge in [-0.05, 0) is 69.5 Å². The number of benzene rings is 1. The van der Waals surface area contributed by atoms with E-state index in [2.05, 4.69) is 15.1 Å². The normalized spacial score (nSPS) is 17.7. The van der Waals surface area contributed by atoms with Gasteiger partial charge < -0.3 is 19.4 Å². The van der Waals surface area contributed by atoms with Crippen LogP contribution in [0.3, 0.4) is 0 Å². The molecule has 1 saturated heterocycles. The Kier molecular flexibility index (Phi) is 7.76. The molecule has 3 aromatic heterocycles. The van der Waals surface area contributed by atoms with Crippen molar-refractivity contribution in [3.8, 4) is 11.3 Å². The minimum atomic E-state index is -0.596. The average molecular weight is 581 g/mol. The maximum Gasteiger partial charge on any atom is 0.410 e. The van der Waals surface area contributed by atoms with Crippen LogP contribution in [0.25, 0.3) is 16.8 Å². The standard InChI is InChI=1S/C29H33ClN6O5/c1-17-8-20(30)10-23(22(17)11-21-14-34(18(2)15-40-21)28(39)41-29(3,4)5)26-24-9-19(13-36(24)33-16-32-26)12-35-25(37)6-7-31-27(35)38/h6-10,13,16,18,21H,11-12,14-15H2,1-5H3,(H,31,38)/t18-,21?/m0/s1. The molecule has 1 aromatic carbocycles. The number of carbonyl (C=O) groups excluding carboxylic acids is 1. The summed E-state index contributed by atoms with van der Waals surface area (Å²) in [6.07, 6.45) is 4.43. The highest BCUT2D eigenvalue weighted by atomic mass is 35.5. The third kappa shape index (κ3) is 6.20. The third-order valence-corrected chi connectivity index (χ3v) is 7.22. The molecule has 216 valence electrons. The molecule has 0 saturated carbocycles. The Morgan fingerprint density at radius 3 is 2.76 bits per heavy atom. The van der Waals surface area contributed by atoms with Crippen LogP contribution >= 0.6 is 11.6 Å². The van der Waals surface area contributed by atoms with E-state index < -0.39 is 16.9 Å². The third-order valence-electron chi connectivity index (χ3n) is 7.01. The molecule has 11 nitrogen and oxygen atoms in total. The Bertz CT molecular complexity index is 1690. The average Bonchev–Trinajstić information content (AvgIpc) is 3.30. The molecule has 1 fully saturated rings. The van der Waals surface area contributed by atoms with Crippen molar-refractivity contribution < 1.29 is 14.3 Å². The summed E-state index contributed by atoms with van der Waals surface area (Å²) in [4.78, 5) is 46.3. The van der Waals surface area contributed by atoms with Crippen LogP contribution in [0.5, 0.6) is 0 Å². The van der Waals surface area contributed by atoms with Gasteiger partial charge in [0.2, 0.25) is 0 Å². The van der Waals surface area contributed by atoms with Crippen LogP contribution in [-0.4, -0.2) is 66.0 Å². The van der Waals surface area contributed by atoms with E-state index in [4.69, 9.17) is 21.1 Å². The van der Waals surface area contributed by atoms with Crippen LogP contribution in [0, 0.1) is 6.92 Å². The van der Waals surface area contributed by atoms with Crippen molar-refractivity contribution in [3.63, 3.8) is 0 Å². The van der Waals surface area contributed by atoms with E-state index in [-0.39, 0.29) is 24.8 Å². The van der Waals surface area contributed by atoms with Crippen molar-refractivity contribution in [2.24, 2.45) is 0 Å². The zero-order chi connectivity index (χ0) is 29.5. The number of amides is 1. The fourth-order valence-corrected chi connectivity index (χ4v) is 5.33. The molecule has 0 radical (unpaired) electrons. The predicted molar refractivity (Wildman–Crippen MR) is 154 cm³/mol. The van der Waals surface area contributed by atoms with Gasteiger partial charge in [-0.1, -0.05) is 11.6 Å². The van der Waals surface area contributed by atoms with E-state index in [9.17, 15) is 14.4 Å². The first kappa shape index (κ1) is 28.6. The molecule has 1 N–H and O–H groups in total. The summed E-state index contributed by atoms with van der Waals surface area (Å²) in [5.74, 6) is 0. The van der Waals surface area contributed by atoms with E-state index in [0.717, 1.165) is 21.3 Å². The second kappa shape index (κ2) is 11.1. The molecule has 12 heteroatoms. The largest absolute Gasteiger partial charge is 0.444 e. The number of aryl methyl sites for hydroxylation is 1. The summed E-state index contributed by atoms with van der Waals surface area (Å²) in [6, 6.07) is 6.81.